The first-order valence-electron chi connectivity index (χ1n) is 7.26. The van der Waals surface area contributed by atoms with Crippen LogP contribution in [0.5, 0.6) is 0 Å². The number of carbonyl (C=O) groups is 1. The van der Waals surface area contributed by atoms with Gasteiger partial charge in [0.05, 0.1) is 5.69 Å². The van der Waals surface area contributed by atoms with Gasteiger partial charge in [-0.15, -0.1) is 0 Å². The summed E-state index contributed by atoms with van der Waals surface area (Å²) in [6.45, 7) is 7.93. The van der Waals surface area contributed by atoms with E-state index in [1.807, 2.05) is 50.6 Å². The molecule has 0 aliphatic heterocycles. The van der Waals surface area contributed by atoms with Gasteiger partial charge in [0, 0.05) is 23.0 Å². The Balaban J connectivity index is 1.96. The first-order valence-corrected chi connectivity index (χ1v) is 7.67. The standard InChI is InChI=1S/C16H21N5OS/c1-11-9-10-17-21(11)13-7-5-12(6-8-13)14(22)19-20-15(23)18-16(2,3)4/h5-10H,1-4H3,(H,19,22)(H2,18,20,23). The highest BCUT2D eigenvalue weighted by Crippen LogP contribution is 2.11. The topological polar surface area (TPSA) is 71.0 Å². The summed E-state index contributed by atoms with van der Waals surface area (Å²) in [5.74, 6) is -0.258. The molecule has 2 rings (SSSR count). The molecule has 0 saturated heterocycles. The fraction of sp³-hybridized carbons (Fsp3) is 0.312. The van der Waals surface area contributed by atoms with Crippen LogP contribution in [0.25, 0.3) is 5.69 Å². The van der Waals surface area contributed by atoms with Gasteiger partial charge in [-0.05, 0) is 70.2 Å². The molecule has 6 nitrogen and oxygen atoms in total. The summed E-state index contributed by atoms with van der Waals surface area (Å²) in [6.07, 6.45) is 1.74. The molecule has 1 aromatic carbocycles. The van der Waals surface area contributed by atoms with E-state index < -0.39 is 0 Å². The lowest BCUT2D eigenvalue weighted by Crippen LogP contribution is -2.52. The van der Waals surface area contributed by atoms with E-state index >= 15 is 0 Å². The Bertz CT molecular complexity index is 700. The number of benzene rings is 1. The number of amides is 1. The molecule has 1 amide bonds. The van der Waals surface area contributed by atoms with E-state index in [0.29, 0.717) is 10.7 Å². The number of carbonyl (C=O) groups excluding carboxylic acids is 1. The number of thiocarbonyl (C=S) groups is 1. The summed E-state index contributed by atoms with van der Waals surface area (Å²) in [6, 6.07) is 9.11. The molecule has 1 heterocycles. The molecular weight excluding hydrogens is 310 g/mol. The van der Waals surface area contributed by atoms with E-state index in [2.05, 4.69) is 21.3 Å². The number of rotatable bonds is 2. The molecule has 0 spiro atoms. The maximum Gasteiger partial charge on any atom is 0.269 e. The van der Waals surface area contributed by atoms with Crippen LogP contribution in [0.1, 0.15) is 36.8 Å². The van der Waals surface area contributed by atoms with E-state index in [9.17, 15) is 4.79 Å². The number of aromatic nitrogens is 2. The average Bonchev–Trinajstić information content (AvgIpc) is 2.89. The molecule has 2 aromatic rings. The Kier molecular flexibility index (Phi) is 5.00. The molecule has 0 unspecified atom stereocenters. The predicted molar refractivity (Wildman–Crippen MR) is 94.4 cm³/mol. The van der Waals surface area contributed by atoms with Crippen molar-refractivity contribution in [3.8, 4) is 5.69 Å². The van der Waals surface area contributed by atoms with E-state index in [1.165, 1.54) is 0 Å². The van der Waals surface area contributed by atoms with Gasteiger partial charge in [0.2, 0.25) is 0 Å². The Hall–Kier alpha value is -2.41. The first kappa shape index (κ1) is 17.0. The third kappa shape index (κ3) is 4.79. The summed E-state index contributed by atoms with van der Waals surface area (Å²) in [4.78, 5) is 12.1. The van der Waals surface area contributed by atoms with E-state index in [0.717, 1.165) is 11.4 Å². The lowest BCUT2D eigenvalue weighted by molar-refractivity contribution is 0.0943. The van der Waals surface area contributed by atoms with Crippen molar-refractivity contribution in [2.24, 2.45) is 0 Å². The van der Waals surface area contributed by atoms with Crippen molar-refractivity contribution in [1.29, 1.82) is 0 Å². The number of hydrogen-bond donors (Lipinski definition) is 3. The van der Waals surface area contributed by atoms with Crippen LogP contribution in [-0.2, 0) is 0 Å². The minimum Gasteiger partial charge on any atom is -0.357 e. The molecule has 0 aliphatic rings. The minimum absolute atomic E-state index is 0.169. The maximum atomic E-state index is 12.1. The lowest BCUT2D eigenvalue weighted by atomic mass is 10.1. The molecule has 0 aliphatic carbocycles. The summed E-state index contributed by atoms with van der Waals surface area (Å²) in [7, 11) is 0. The van der Waals surface area contributed by atoms with Crippen LogP contribution < -0.4 is 16.2 Å². The van der Waals surface area contributed by atoms with Gasteiger partial charge >= 0.3 is 0 Å². The molecule has 0 atom stereocenters. The van der Waals surface area contributed by atoms with Gasteiger partial charge < -0.3 is 5.32 Å². The highest BCUT2D eigenvalue weighted by Gasteiger charge is 2.12. The van der Waals surface area contributed by atoms with E-state index in [1.54, 1.807) is 18.3 Å². The second kappa shape index (κ2) is 6.78. The Morgan fingerprint density at radius 2 is 1.78 bits per heavy atom. The van der Waals surface area contributed by atoms with Crippen molar-refractivity contribution in [2.75, 3.05) is 0 Å². The molecule has 0 radical (unpaired) electrons. The molecule has 7 heteroatoms. The summed E-state index contributed by atoms with van der Waals surface area (Å²) >= 11 is 5.11. The van der Waals surface area contributed by atoms with Crippen molar-refractivity contribution >= 4 is 23.2 Å². The summed E-state index contributed by atoms with van der Waals surface area (Å²) < 4.78 is 1.81. The monoisotopic (exact) mass is 331 g/mol. The fourth-order valence-electron chi connectivity index (χ4n) is 1.95. The smallest absolute Gasteiger partial charge is 0.269 e. The second-order valence-corrected chi connectivity index (χ2v) is 6.62. The molecular formula is C16H21N5OS. The van der Waals surface area contributed by atoms with Gasteiger partial charge in [-0.1, -0.05) is 0 Å². The minimum atomic E-state index is -0.258. The Morgan fingerprint density at radius 1 is 1.13 bits per heavy atom. The fourth-order valence-corrected chi connectivity index (χ4v) is 2.31. The quantitative estimate of drug-likeness (QED) is 0.581. The van der Waals surface area contributed by atoms with Crippen molar-refractivity contribution < 1.29 is 4.79 Å². The van der Waals surface area contributed by atoms with Crippen molar-refractivity contribution in [3.05, 3.63) is 47.8 Å². The molecule has 1 aromatic heterocycles. The number of nitrogens with one attached hydrogen (secondary N) is 3. The third-order valence-electron chi connectivity index (χ3n) is 2.98. The van der Waals surface area contributed by atoms with Gasteiger partial charge in [-0.3, -0.25) is 15.6 Å². The number of hydrogen-bond acceptors (Lipinski definition) is 3. The zero-order valence-corrected chi connectivity index (χ0v) is 14.5. The maximum absolute atomic E-state index is 12.1. The van der Waals surface area contributed by atoms with Crippen LogP contribution >= 0.6 is 12.2 Å². The van der Waals surface area contributed by atoms with Gasteiger partial charge in [0.1, 0.15) is 0 Å². The molecule has 0 saturated carbocycles. The molecule has 122 valence electrons. The van der Waals surface area contributed by atoms with Gasteiger partial charge in [-0.2, -0.15) is 5.10 Å². The zero-order valence-electron chi connectivity index (χ0n) is 13.7. The Labute approximate surface area is 141 Å². The van der Waals surface area contributed by atoms with Crippen molar-refractivity contribution in [1.82, 2.24) is 25.9 Å². The SMILES string of the molecule is Cc1ccnn1-c1ccc(C(=O)NNC(=S)NC(C)(C)C)cc1. The van der Waals surface area contributed by atoms with Gasteiger partial charge in [0.15, 0.2) is 5.11 Å². The molecule has 23 heavy (non-hydrogen) atoms. The largest absolute Gasteiger partial charge is 0.357 e. The van der Waals surface area contributed by atoms with Gasteiger partial charge in [-0.25, -0.2) is 4.68 Å². The van der Waals surface area contributed by atoms with E-state index in [4.69, 9.17) is 12.2 Å². The van der Waals surface area contributed by atoms with Crippen LogP contribution in [0.2, 0.25) is 0 Å². The Morgan fingerprint density at radius 3 is 2.30 bits per heavy atom. The zero-order chi connectivity index (χ0) is 17.0. The normalized spacial score (nSPS) is 11.0. The first-order chi connectivity index (χ1) is 10.8. The average molecular weight is 331 g/mol. The predicted octanol–water partition coefficient (Wildman–Crippen LogP) is 2.09. The number of aryl methyl sites for hydroxylation is 1. The summed E-state index contributed by atoms with van der Waals surface area (Å²) in [5, 5.41) is 7.66. The molecule has 3 N–H and O–H groups in total. The van der Waals surface area contributed by atoms with Crippen LogP contribution in [0.15, 0.2) is 36.5 Å². The van der Waals surface area contributed by atoms with Crippen molar-refractivity contribution in [2.45, 2.75) is 33.2 Å². The van der Waals surface area contributed by atoms with Gasteiger partial charge in [0.25, 0.3) is 5.91 Å². The highest BCUT2D eigenvalue weighted by molar-refractivity contribution is 7.80. The van der Waals surface area contributed by atoms with E-state index in [-0.39, 0.29) is 11.4 Å². The van der Waals surface area contributed by atoms with Crippen molar-refractivity contribution in [3.63, 3.8) is 0 Å². The second-order valence-electron chi connectivity index (χ2n) is 6.21. The lowest BCUT2D eigenvalue weighted by Gasteiger charge is -2.23. The molecule has 0 bridgehead atoms. The van der Waals surface area contributed by atoms with Crippen LogP contribution in [0.3, 0.4) is 0 Å². The number of nitrogens with zero attached hydrogens (tertiary/aromatic N) is 2. The third-order valence-corrected chi connectivity index (χ3v) is 3.19. The van der Waals surface area contributed by atoms with Crippen LogP contribution in [0, 0.1) is 6.92 Å². The highest BCUT2D eigenvalue weighted by atomic mass is 32.1. The van der Waals surface area contributed by atoms with Crippen LogP contribution in [0.4, 0.5) is 0 Å². The number of hydrazine groups is 1. The van der Waals surface area contributed by atoms with Crippen LogP contribution in [-0.4, -0.2) is 26.3 Å². The molecule has 0 fully saturated rings. The summed E-state index contributed by atoms with van der Waals surface area (Å²) in [5.41, 5.74) is 7.56.